The minimum Gasteiger partial charge on any atom is -0.481 e. The van der Waals surface area contributed by atoms with Crippen LogP contribution in [0.4, 0.5) is 0 Å². The molecular formula is C16H27N5O8S. The second-order valence-corrected chi connectivity index (χ2v) is 7.15. The van der Waals surface area contributed by atoms with E-state index in [1.54, 1.807) is 6.26 Å². The Morgan fingerprint density at radius 3 is 1.93 bits per heavy atom. The first-order valence-electron chi connectivity index (χ1n) is 8.83. The molecule has 0 aliphatic heterocycles. The molecule has 4 amide bonds. The number of carboxylic acids is 2. The second kappa shape index (κ2) is 14.2. The Hall–Kier alpha value is -2.87. The lowest BCUT2D eigenvalue weighted by Crippen LogP contribution is -2.57. The number of nitrogens with one attached hydrogen (secondary N) is 3. The van der Waals surface area contributed by atoms with Crippen molar-refractivity contribution in [2.75, 3.05) is 18.6 Å². The average Bonchev–Trinajstić information content (AvgIpc) is 2.66. The monoisotopic (exact) mass is 449 g/mol. The lowest BCUT2D eigenvalue weighted by molar-refractivity contribution is -0.143. The topological polar surface area (TPSA) is 231 Å². The van der Waals surface area contributed by atoms with Crippen molar-refractivity contribution in [3.63, 3.8) is 0 Å². The third-order valence-electron chi connectivity index (χ3n) is 3.75. The highest BCUT2D eigenvalue weighted by molar-refractivity contribution is 7.98. The lowest BCUT2D eigenvalue weighted by Gasteiger charge is -2.23. The van der Waals surface area contributed by atoms with Crippen LogP contribution in [0.3, 0.4) is 0 Å². The molecule has 0 fully saturated rings. The van der Waals surface area contributed by atoms with Gasteiger partial charge in [0.1, 0.15) is 18.1 Å². The van der Waals surface area contributed by atoms with E-state index in [0.717, 1.165) is 0 Å². The number of carbonyl (C=O) groups excluding carboxylic acids is 4. The van der Waals surface area contributed by atoms with Crippen LogP contribution >= 0.6 is 11.8 Å². The number of primary amides is 1. The van der Waals surface area contributed by atoms with Crippen LogP contribution in [0.15, 0.2) is 0 Å². The van der Waals surface area contributed by atoms with Gasteiger partial charge >= 0.3 is 11.9 Å². The zero-order chi connectivity index (χ0) is 23.3. The summed E-state index contributed by atoms with van der Waals surface area (Å²) in [5, 5.41) is 24.6. The maximum atomic E-state index is 12.5. The number of carboxylic acid groups (broad SMARTS) is 2. The van der Waals surface area contributed by atoms with Crippen molar-refractivity contribution in [2.45, 2.75) is 43.8 Å². The molecule has 0 heterocycles. The van der Waals surface area contributed by atoms with Crippen molar-refractivity contribution in [1.82, 2.24) is 16.0 Å². The van der Waals surface area contributed by atoms with Gasteiger partial charge in [-0.2, -0.15) is 11.8 Å². The molecule has 0 radical (unpaired) electrons. The Bertz CT molecular complexity index is 660. The summed E-state index contributed by atoms with van der Waals surface area (Å²) in [5.41, 5.74) is 10.3. The van der Waals surface area contributed by atoms with Gasteiger partial charge in [0, 0.05) is 6.42 Å². The van der Waals surface area contributed by atoms with Gasteiger partial charge in [-0.25, -0.2) is 4.79 Å². The third kappa shape index (κ3) is 11.2. The molecule has 0 saturated heterocycles. The minimum absolute atomic E-state index is 0.208. The summed E-state index contributed by atoms with van der Waals surface area (Å²) < 4.78 is 0. The summed E-state index contributed by atoms with van der Waals surface area (Å²) in [6.45, 7) is -0.363. The van der Waals surface area contributed by atoms with Crippen molar-refractivity contribution in [1.29, 1.82) is 0 Å². The van der Waals surface area contributed by atoms with Crippen LogP contribution < -0.4 is 27.4 Å². The Balaban J connectivity index is 5.33. The number of hydrogen-bond donors (Lipinski definition) is 7. The normalized spacial score (nSPS) is 13.4. The smallest absolute Gasteiger partial charge is 0.326 e. The van der Waals surface area contributed by atoms with Crippen molar-refractivity contribution >= 4 is 47.3 Å². The molecule has 0 aromatic rings. The highest BCUT2D eigenvalue weighted by atomic mass is 32.2. The molecule has 0 aromatic carbocycles. The van der Waals surface area contributed by atoms with Crippen LogP contribution in [0.1, 0.15) is 25.7 Å². The van der Waals surface area contributed by atoms with Crippen LogP contribution in [-0.4, -0.2) is 82.5 Å². The quantitative estimate of drug-likeness (QED) is 0.134. The van der Waals surface area contributed by atoms with Crippen LogP contribution in [0, 0.1) is 0 Å². The fraction of sp³-hybridized carbons (Fsp3) is 0.625. The Morgan fingerprint density at radius 2 is 1.47 bits per heavy atom. The zero-order valence-corrected chi connectivity index (χ0v) is 17.2. The van der Waals surface area contributed by atoms with Crippen LogP contribution in [-0.2, 0) is 28.8 Å². The van der Waals surface area contributed by atoms with E-state index in [-0.39, 0.29) is 13.0 Å². The molecule has 0 rings (SSSR count). The number of rotatable bonds is 15. The zero-order valence-electron chi connectivity index (χ0n) is 16.4. The predicted molar refractivity (Wildman–Crippen MR) is 106 cm³/mol. The second-order valence-electron chi connectivity index (χ2n) is 6.17. The van der Waals surface area contributed by atoms with Crippen molar-refractivity contribution in [3.8, 4) is 0 Å². The molecule has 14 heteroatoms. The predicted octanol–water partition coefficient (Wildman–Crippen LogP) is -3.02. The van der Waals surface area contributed by atoms with Gasteiger partial charge in [0.2, 0.25) is 23.6 Å². The van der Waals surface area contributed by atoms with Gasteiger partial charge in [-0.1, -0.05) is 0 Å². The maximum Gasteiger partial charge on any atom is 0.326 e. The Labute approximate surface area is 176 Å². The van der Waals surface area contributed by atoms with E-state index in [0.29, 0.717) is 5.75 Å². The summed E-state index contributed by atoms with van der Waals surface area (Å²) in [6.07, 6.45) is 0.428. The highest BCUT2D eigenvalue weighted by Gasteiger charge is 2.30. The van der Waals surface area contributed by atoms with Gasteiger partial charge in [-0.05, 0) is 24.9 Å². The molecule has 13 nitrogen and oxygen atoms in total. The van der Waals surface area contributed by atoms with E-state index in [1.165, 1.54) is 11.8 Å². The Morgan fingerprint density at radius 1 is 0.900 bits per heavy atom. The van der Waals surface area contributed by atoms with E-state index in [2.05, 4.69) is 16.0 Å². The average molecular weight is 449 g/mol. The van der Waals surface area contributed by atoms with E-state index < -0.39 is 73.0 Å². The summed E-state index contributed by atoms with van der Waals surface area (Å²) in [6, 6.07) is -4.11. The molecule has 0 saturated carbocycles. The van der Waals surface area contributed by atoms with Crippen molar-refractivity contribution in [3.05, 3.63) is 0 Å². The molecule has 0 aromatic heterocycles. The molecular weight excluding hydrogens is 422 g/mol. The maximum absolute atomic E-state index is 12.5. The first-order chi connectivity index (χ1) is 14.0. The number of hydrogen-bond acceptors (Lipinski definition) is 8. The number of amides is 4. The fourth-order valence-corrected chi connectivity index (χ4v) is 2.71. The summed E-state index contributed by atoms with van der Waals surface area (Å²) in [4.78, 5) is 69.7. The van der Waals surface area contributed by atoms with Crippen LogP contribution in [0.5, 0.6) is 0 Å². The van der Waals surface area contributed by atoms with E-state index >= 15 is 0 Å². The SMILES string of the molecule is CSCCC(NC(=O)CN)C(=O)NC(CC(N)=O)C(=O)NC(CCC(=O)O)C(=O)O. The highest BCUT2D eigenvalue weighted by Crippen LogP contribution is 2.04. The van der Waals surface area contributed by atoms with Gasteiger partial charge in [-0.3, -0.25) is 24.0 Å². The number of nitrogens with two attached hydrogens (primary N) is 2. The first kappa shape index (κ1) is 27.1. The van der Waals surface area contributed by atoms with E-state index in [1.807, 2.05) is 0 Å². The number of aliphatic carboxylic acids is 2. The van der Waals surface area contributed by atoms with Gasteiger partial charge in [0.15, 0.2) is 0 Å². The summed E-state index contributed by atoms with van der Waals surface area (Å²) in [7, 11) is 0. The van der Waals surface area contributed by atoms with Gasteiger partial charge in [-0.15, -0.1) is 0 Å². The van der Waals surface area contributed by atoms with Gasteiger partial charge in [0.25, 0.3) is 0 Å². The molecule has 30 heavy (non-hydrogen) atoms. The molecule has 3 atom stereocenters. The molecule has 9 N–H and O–H groups in total. The molecule has 170 valence electrons. The largest absolute Gasteiger partial charge is 0.481 e. The number of thioether (sulfide) groups is 1. The van der Waals surface area contributed by atoms with Crippen LogP contribution in [0.25, 0.3) is 0 Å². The van der Waals surface area contributed by atoms with Gasteiger partial charge in [0.05, 0.1) is 13.0 Å². The molecule has 0 aliphatic carbocycles. The fourth-order valence-electron chi connectivity index (χ4n) is 2.24. The van der Waals surface area contributed by atoms with Crippen molar-refractivity contribution < 1.29 is 39.0 Å². The van der Waals surface area contributed by atoms with Gasteiger partial charge < -0.3 is 37.6 Å². The molecule has 0 spiro atoms. The Kier molecular flexibility index (Phi) is 12.8. The first-order valence-corrected chi connectivity index (χ1v) is 10.2. The number of carbonyl (C=O) groups is 6. The van der Waals surface area contributed by atoms with E-state index in [9.17, 15) is 28.8 Å². The standard InChI is InChI=1S/C16H27N5O8S/c1-30-5-4-8(19-12(23)7-17)14(26)21-10(6-11(18)22)15(27)20-9(16(28)29)2-3-13(24)25/h8-10H,2-7,17H2,1H3,(H2,18,22)(H,19,23)(H,20,27)(H,21,26)(H,24,25)(H,28,29). The minimum atomic E-state index is -1.55. The molecule has 0 aliphatic rings. The third-order valence-corrected chi connectivity index (χ3v) is 4.39. The lowest BCUT2D eigenvalue weighted by atomic mass is 10.1. The summed E-state index contributed by atoms with van der Waals surface area (Å²) >= 11 is 1.41. The van der Waals surface area contributed by atoms with Crippen molar-refractivity contribution in [2.24, 2.45) is 11.5 Å². The van der Waals surface area contributed by atoms with E-state index in [4.69, 9.17) is 21.7 Å². The summed E-state index contributed by atoms with van der Waals surface area (Å²) in [5.74, 6) is -5.62. The molecule has 3 unspecified atom stereocenters. The van der Waals surface area contributed by atoms with Crippen LogP contribution in [0.2, 0.25) is 0 Å². The molecule has 0 bridgehead atoms.